The molecule has 136 valence electrons. The molecule has 2 aromatic rings. The number of carbonyl (C=O) groups is 2. The number of amides is 2. The highest BCUT2D eigenvalue weighted by atomic mass is 32.1. The van der Waals surface area contributed by atoms with Gasteiger partial charge in [-0.2, -0.15) is 0 Å². The molecule has 2 amide bonds. The first-order chi connectivity index (χ1) is 12.6. The van der Waals surface area contributed by atoms with Gasteiger partial charge in [-0.3, -0.25) is 9.59 Å². The lowest BCUT2D eigenvalue weighted by Crippen LogP contribution is -2.49. The van der Waals surface area contributed by atoms with Gasteiger partial charge in [0, 0.05) is 24.2 Å². The van der Waals surface area contributed by atoms with E-state index in [-0.39, 0.29) is 18.2 Å². The molecular formula is C19H22N4O2S. The van der Waals surface area contributed by atoms with E-state index < -0.39 is 6.04 Å². The molecule has 1 aromatic heterocycles. The Morgan fingerprint density at radius 2 is 2.23 bits per heavy atom. The number of rotatable bonds is 5. The number of hydrogen-bond acceptors (Lipinski definition) is 5. The summed E-state index contributed by atoms with van der Waals surface area (Å²) in [5.41, 5.74) is 1.61. The van der Waals surface area contributed by atoms with Crippen molar-refractivity contribution in [3.63, 3.8) is 0 Å². The van der Waals surface area contributed by atoms with E-state index in [2.05, 4.69) is 22.1 Å². The standard InChI is InChI=1S/C19H22N4O2S/c1-3-7-17(24)23-11-5-4-10-16(23)18(25)20-15-9-6-8-14(12-15)19-22-21-13(2)26-19/h3,6,8-9,12,16H,1,4-5,7,10-11H2,2H3,(H,20,25)/t16-/m0/s1. The second kappa shape index (κ2) is 8.23. The average Bonchev–Trinajstić information content (AvgIpc) is 3.08. The van der Waals surface area contributed by atoms with E-state index in [1.807, 2.05) is 31.2 Å². The van der Waals surface area contributed by atoms with Gasteiger partial charge in [0.25, 0.3) is 0 Å². The molecule has 0 saturated carbocycles. The van der Waals surface area contributed by atoms with E-state index >= 15 is 0 Å². The summed E-state index contributed by atoms with van der Waals surface area (Å²) in [6, 6.07) is 7.12. The molecule has 0 bridgehead atoms. The summed E-state index contributed by atoms with van der Waals surface area (Å²) in [4.78, 5) is 26.7. The smallest absolute Gasteiger partial charge is 0.247 e. The first-order valence-corrected chi connectivity index (χ1v) is 9.52. The number of aromatic nitrogens is 2. The van der Waals surface area contributed by atoms with Gasteiger partial charge in [-0.25, -0.2) is 0 Å². The minimum atomic E-state index is -0.427. The number of aryl methyl sites for hydroxylation is 1. The minimum Gasteiger partial charge on any atom is -0.330 e. The summed E-state index contributed by atoms with van der Waals surface area (Å²) >= 11 is 1.51. The molecule has 1 saturated heterocycles. The molecular weight excluding hydrogens is 348 g/mol. The van der Waals surface area contributed by atoms with Gasteiger partial charge in [0.05, 0.1) is 0 Å². The SMILES string of the molecule is C=CCC(=O)N1CCCC[C@H]1C(=O)Nc1cccc(-c2nnc(C)s2)c1. The van der Waals surface area contributed by atoms with Crippen LogP contribution in [0.2, 0.25) is 0 Å². The van der Waals surface area contributed by atoms with Crippen LogP contribution in [0.5, 0.6) is 0 Å². The van der Waals surface area contributed by atoms with Crippen LogP contribution in [-0.4, -0.2) is 39.5 Å². The molecule has 6 nitrogen and oxygen atoms in total. The largest absolute Gasteiger partial charge is 0.330 e. The molecule has 3 rings (SSSR count). The fraction of sp³-hybridized carbons (Fsp3) is 0.368. The van der Waals surface area contributed by atoms with E-state index in [9.17, 15) is 9.59 Å². The number of likely N-dealkylation sites (tertiary alicyclic amines) is 1. The third-order valence-electron chi connectivity index (χ3n) is 4.35. The molecule has 0 spiro atoms. The number of hydrogen-bond donors (Lipinski definition) is 1. The molecule has 1 aliphatic heterocycles. The Bertz CT molecular complexity index is 817. The first kappa shape index (κ1) is 18.3. The Hall–Kier alpha value is -2.54. The fourth-order valence-corrected chi connectivity index (χ4v) is 3.80. The van der Waals surface area contributed by atoms with Gasteiger partial charge in [-0.15, -0.1) is 16.8 Å². The second-order valence-corrected chi connectivity index (χ2v) is 7.47. The van der Waals surface area contributed by atoms with Crippen molar-refractivity contribution in [1.29, 1.82) is 0 Å². The van der Waals surface area contributed by atoms with Crippen molar-refractivity contribution in [2.24, 2.45) is 0 Å². The van der Waals surface area contributed by atoms with Gasteiger partial charge >= 0.3 is 0 Å². The van der Waals surface area contributed by atoms with Crippen LogP contribution in [0.1, 0.15) is 30.7 Å². The lowest BCUT2D eigenvalue weighted by atomic mass is 10.0. The molecule has 26 heavy (non-hydrogen) atoms. The zero-order chi connectivity index (χ0) is 18.5. The van der Waals surface area contributed by atoms with Crippen molar-refractivity contribution in [2.45, 2.75) is 38.6 Å². The maximum atomic E-state index is 12.8. The van der Waals surface area contributed by atoms with Gasteiger partial charge in [0.1, 0.15) is 16.1 Å². The van der Waals surface area contributed by atoms with Crippen molar-refractivity contribution in [3.8, 4) is 10.6 Å². The molecule has 0 aliphatic carbocycles. The molecule has 1 atom stereocenters. The van der Waals surface area contributed by atoms with E-state index in [0.717, 1.165) is 28.4 Å². The Labute approximate surface area is 156 Å². The van der Waals surface area contributed by atoms with Gasteiger partial charge in [0.15, 0.2) is 0 Å². The molecule has 1 aromatic carbocycles. The summed E-state index contributed by atoms with van der Waals surface area (Å²) in [5.74, 6) is -0.189. The Morgan fingerprint density at radius 1 is 1.38 bits per heavy atom. The number of anilines is 1. The van der Waals surface area contributed by atoms with E-state index in [0.29, 0.717) is 18.7 Å². The van der Waals surface area contributed by atoms with Crippen molar-refractivity contribution in [2.75, 3.05) is 11.9 Å². The Kier molecular flexibility index (Phi) is 5.78. The van der Waals surface area contributed by atoms with Crippen LogP contribution in [0, 0.1) is 6.92 Å². The van der Waals surface area contributed by atoms with Crippen molar-refractivity contribution in [3.05, 3.63) is 41.9 Å². The molecule has 1 fully saturated rings. The highest BCUT2D eigenvalue weighted by molar-refractivity contribution is 7.14. The summed E-state index contributed by atoms with van der Waals surface area (Å²) in [6.07, 6.45) is 4.40. The molecule has 7 heteroatoms. The fourth-order valence-electron chi connectivity index (χ4n) is 3.11. The highest BCUT2D eigenvalue weighted by Gasteiger charge is 2.31. The van der Waals surface area contributed by atoms with Crippen molar-refractivity contribution in [1.82, 2.24) is 15.1 Å². The number of nitrogens with one attached hydrogen (secondary N) is 1. The quantitative estimate of drug-likeness (QED) is 0.819. The Balaban J connectivity index is 1.74. The van der Waals surface area contributed by atoms with Crippen LogP contribution < -0.4 is 5.32 Å². The predicted molar refractivity (Wildman–Crippen MR) is 103 cm³/mol. The predicted octanol–water partition coefficient (Wildman–Crippen LogP) is 3.41. The lowest BCUT2D eigenvalue weighted by Gasteiger charge is -2.34. The number of nitrogens with zero attached hydrogens (tertiary/aromatic N) is 3. The third kappa shape index (κ3) is 4.16. The first-order valence-electron chi connectivity index (χ1n) is 8.70. The third-order valence-corrected chi connectivity index (χ3v) is 5.24. The van der Waals surface area contributed by atoms with Crippen LogP contribution in [0.25, 0.3) is 10.6 Å². The highest BCUT2D eigenvalue weighted by Crippen LogP contribution is 2.26. The molecule has 0 radical (unpaired) electrons. The molecule has 1 aliphatic rings. The normalized spacial score (nSPS) is 17.0. The lowest BCUT2D eigenvalue weighted by molar-refractivity contribution is -0.139. The van der Waals surface area contributed by atoms with Gasteiger partial charge in [-0.1, -0.05) is 29.5 Å². The van der Waals surface area contributed by atoms with E-state index in [4.69, 9.17) is 0 Å². The van der Waals surface area contributed by atoms with Crippen LogP contribution in [0.4, 0.5) is 5.69 Å². The monoisotopic (exact) mass is 370 g/mol. The van der Waals surface area contributed by atoms with Gasteiger partial charge in [-0.05, 0) is 38.3 Å². The summed E-state index contributed by atoms with van der Waals surface area (Å²) in [7, 11) is 0. The second-order valence-electron chi connectivity index (χ2n) is 6.29. The maximum absolute atomic E-state index is 12.8. The molecule has 1 N–H and O–H groups in total. The molecule has 2 heterocycles. The average molecular weight is 370 g/mol. The number of benzene rings is 1. The summed E-state index contributed by atoms with van der Waals surface area (Å²) < 4.78 is 0. The van der Waals surface area contributed by atoms with Gasteiger partial charge < -0.3 is 10.2 Å². The van der Waals surface area contributed by atoms with Crippen LogP contribution in [-0.2, 0) is 9.59 Å². The van der Waals surface area contributed by atoms with Crippen LogP contribution in [0.3, 0.4) is 0 Å². The van der Waals surface area contributed by atoms with Gasteiger partial charge in [0.2, 0.25) is 11.8 Å². The summed E-state index contributed by atoms with van der Waals surface area (Å²) in [6.45, 7) is 6.14. The van der Waals surface area contributed by atoms with Crippen molar-refractivity contribution >= 4 is 28.8 Å². The van der Waals surface area contributed by atoms with Crippen molar-refractivity contribution < 1.29 is 9.59 Å². The summed E-state index contributed by atoms with van der Waals surface area (Å²) in [5, 5.41) is 12.8. The Morgan fingerprint density at radius 3 is 2.96 bits per heavy atom. The zero-order valence-electron chi connectivity index (χ0n) is 14.8. The van der Waals surface area contributed by atoms with Crippen LogP contribution in [0.15, 0.2) is 36.9 Å². The minimum absolute atomic E-state index is 0.0436. The van der Waals surface area contributed by atoms with E-state index in [1.54, 1.807) is 11.0 Å². The number of carbonyl (C=O) groups excluding carboxylic acids is 2. The number of piperidine rings is 1. The molecule has 0 unspecified atom stereocenters. The van der Waals surface area contributed by atoms with Crippen LogP contribution >= 0.6 is 11.3 Å². The maximum Gasteiger partial charge on any atom is 0.247 e. The zero-order valence-corrected chi connectivity index (χ0v) is 15.6. The van der Waals surface area contributed by atoms with E-state index in [1.165, 1.54) is 11.3 Å². The topological polar surface area (TPSA) is 75.2 Å².